The standard InChI is InChI=1S/C47H75NO7/c1-6-8-10-12-14-16-18-20-22-23-24-26-28-30-32-34-36-38-46(50)55-43(41-53-40-39-44(47(51)52)48(3,4)5)42-54-45(49)37-35-33-31-29-27-25-21-19-17-15-13-11-9-7-2/h8-12,14-18,20,22-24,26,28,43-44H,6-7,13,19,21,25,27,29-42H2,1-5H3/b10-8+,11-9+,14-12+,17-15+,18-16+,22-20+,24-23+,28-26+. The molecule has 0 N–H and O–H groups in total. The first-order valence-electron chi connectivity index (χ1n) is 20.8. The number of aliphatic carboxylic acids is 1. The maximum Gasteiger partial charge on any atom is 0.306 e. The van der Waals surface area contributed by atoms with Crippen LogP contribution >= 0.6 is 0 Å². The second kappa shape index (κ2) is 37.2. The molecule has 8 nitrogen and oxygen atoms in total. The van der Waals surface area contributed by atoms with Gasteiger partial charge in [0.25, 0.3) is 0 Å². The normalized spacial score (nSPS) is 14.0. The van der Waals surface area contributed by atoms with E-state index < -0.39 is 18.1 Å². The zero-order chi connectivity index (χ0) is 40.7. The van der Waals surface area contributed by atoms with E-state index in [-0.39, 0.29) is 49.1 Å². The lowest BCUT2D eigenvalue weighted by Gasteiger charge is -2.34. The van der Waals surface area contributed by atoms with Crippen molar-refractivity contribution in [2.75, 3.05) is 41.0 Å². The first kappa shape index (κ1) is 51.2. The quantitative estimate of drug-likeness (QED) is 0.0208. The molecule has 0 aliphatic carbocycles. The van der Waals surface area contributed by atoms with Crippen LogP contribution in [0.25, 0.3) is 0 Å². The van der Waals surface area contributed by atoms with Crippen LogP contribution in [-0.2, 0) is 28.6 Å². The number of likely N-dealkylation sites (N-methyl/N-ethyl adjacent to an activating group) is 1. The molecular weight excluding hydrogens is 691 g/mol. The fourth-order valence-corrected chi connectivity index (χ4v) is 5.43. The average molecular weight is 766 g/mol. The van der Waals surface area contributed by atoms with E-state index in [1.54, 1.807) is 21.1 Å². The third kappa shape index (κ3) is 35.7. The largest absolute Gasteiger partial charge is 0.544 e. The topological polar surface area (TPSA) is 102 Å². The Balaban J connectivity index is 4.52. The summed E-state index contributed by atoms with van der Waals surface area (Å²) in [6, 6.07) is -0.741. The summed E-state index contributed by atoms with van der Waals surface area (Å²) in [5.41, 5.74) is 0. The van der Waals surface area contributed by atoms with Crippen LogP contribution in [0.2, 0.25) is 0 Å². The molecule has 2 atom stereocenters. The Hall–Kier alpha value is -3.75. The van der Waals surface area contributed by atoms with E-state index in [9.17, 15) is 19.5 Å². The summed E-state index contributed by atoms with van der Waals surface area (Å²) in [7, 11) is 5.37. The van der Waals surface area contributed by atoms with E-state index in [4.69, 9.17) is 14.2 Å². The molecule has 0 aliphatic heterocycles. The Kier molecular flexibility index (Phi) is 34.7. The van der Waals surface area contributed by atoms with Gasteiger partial charge in [-0.15, -0.1) is 0 Å². The van der Waals surface area contributed by atoms with Gasteiger partial charge in [-0.2, -0.15) is 0 Å². The van der Waals surface area contributed by atoms with Gasteiger partial charge in [0.2, 0.25) is 0 Å². The van der Waals surface area contributed by atoms with Crippen molar-refractivity contribution < 1.29 is 38.2 Å². The number of hydrogen-bond acceptors (Lipinski definition) is 7. The number of nitrogens with zero attached hydrogens (tertiary/aromatic N) is 1. The fourth-order valence-electron chi connectivity index (χ4n) is 5.43. The van der Waals surface area contributed by atoms with Crippen molar-refractivity contribution >= 4 is 17.9 Å². The summed E-state index contributed by atoms with van der Waals surface area (Å²) in [6.45, 7) is 4.32. The lowest BCUT2D eigenvalue weighted by molar-refractivity contribution is -0.889. The van der Waals surface area contributed by atoms with Gasteiger partial charge >= 0.3 is 11.9 Å². The average Bonchev–Trinajstić information content (AvgIpc) is 3.14. The Bertz CT molecular complexity index is 1220. The number of carboxylic acid groups (broad SMARTS) is 1. The second-order valence-electron chi connectivity index (χ2n) is 14.6. The molecule has 2 unspecified atom stereocenters. The summed E-state index contributed by atoms with van der Waals surface area (Å²) in [6.07, 6.45) is 48.6. The van der Waals surface area contributed by atoms with Gasteiger partial charge in [0.1, 0.15) is 12.6 Å². The van der Waals surface area contributed by atoms with Gasteiger partial charge in [0.05, 0.1) is 40.3 Å². The summed E-state index contributed by atoms with van der Waals surface area (Å²) in [5.74, 6) is -1.82. The van der Waals surface area contributed by atoms with Crippen molar-refractivity contribution in [3.05, 3.63) is 97.2 Å². The molecule has 0 aromatic rings. The number of hydrogen-bond donors (Lipinski definition) is 0. The first-order chi connectivity index (χ1) is 26.6. The van der Waals surface area contributed by atoms with Gasteiger partial charge in [-0.25, -0.2) is 0 Å². The van der Waals surface area contributed by atoms with Crippen LogP contribution in [0, 0.1) is 0 Å². The van der Waals surface area contributed by atoms with Crippen molar-refractivity contribution in [1.29, 1.82) is 0 Å². The van der Waals surface area contributed by atoms with Crippen molar-refractivity contribution in [2.45, 2.75) is 142 Å². The molecule has 0 radical (unpaired) electrons. The number of carbonyl (C=O) groups excluding carboxylic acids is 3. The molecule has 0 fully saturated rings. The summed E-state index contributed by atoms with van der Waals surface area (Å²) < 4.78 is 17.1. The van der Waals surface area contributed by atoms with Gasteiger partial charge in [0.15, 0.2) is 6.10 Å². The fraction of sp³-hybridized carbons (Fsp3) is 0.596. The number of allylic oxidation sites excluding steroid dienone is 16. The van der Waals surface area contributed by atoms with Crippen molar-refractivity contribution in [2.24, 2.45) is 0 Å². The maximum atomic E-state index is 12.7. The molecule has 0 aromatic heterocycles. The number of carbonyl (C=O) groups is 3. The Morgan fingerprint density at radius 1 is 0.564 bits per heavy atom. The highest BCUT2D eigenvalue weighted by Crippen LogP contribution is 2.12. The van der Waals surface area contributed by atoms with E-state index >= 15 is 0 Å². The zero-order valence-electron chi connectivity index (χ0n) is 35.0. The van der Waals surface area contributed by atoms with Crippen LogP contribution in [-0.4, -0.2) is 75.5 Å². The van der Waals surface area contributed by atoms with E-state index in [0.29, 0.717) is 12.8 Å². The van der Waals surface area contributed by atoms with Crippen LogP contribution < -0.4 is 5.11 Å². The highest BCUT2D eigenvalue weighted by molar-refractivity contribution is 5.70. The predicted octanol–water partition coefficient (Wildman–Crippen LogP) is 9.79. The lowest BCUT2D eigenvalue weighted by atomic mass is 10.1. The molecule has 0 rings (SSSR count). The monoisotopic (exact) mass is 766 g/mol. The Morgan fingerprint density at radius 3 is 1.64 bits per heavy atom. The molecule has 0 saturated carbocycles. The van der Waals surface area contributed by atoms with Crippen molar-refractivity contribution in [1.82, 2.24) is 0 Å². The van der Waals surface area contributed by atoms with Gasteiger partial charge in [-0.05, 0) is 57.8 Å². The number of unbranched alkanes of at least 4 members (excludes halogenated alkanes) is 10. The smallest absolute Gasteiger partial charge is 0.306 e. The predicted molar refractivity (Wildman–Crippen MR) is 226 cm³/mol. The van der Waals surface area contributed by atoms with Crippen molar-refractivity contribution in [3.63, 3.8) is 0 Å². The Morgan fingerprint density at radius 2 is 1.05 bits per heavy atom. The van der Waals surface area contributed by atoms with Gasteiger partial charge < -0.3 is 28.6 Å². The van der Waals surface area contributed by atoms with Crippen LogP contribution in [0.1, 0.15) is 129 Å². The summed E-state index contributed by atoms with van der Waals surface area (Å²) >= 11 is 0. The second-order valence-corrected chi connectivity index (χ2v) is 14.6. The van der Waals surface area contributed by atoms with Gasteiger partial charge in [-0.3, -0.25) is 9.59 Å². The van der Waals surface area contributed by atoms with Crippen LogP contribution in [0.15, 0.2) is 97.2 Å². The molecule has 0 aromatic carbocycles. The molecule has 0 bridgehead atoms. The van der Waals surface area contributed by atoms with E-state index in [2.05, 4.69) is 50.3 Å². The van der Waals surface area contributed by atoms with Gasteiger partial charge in [-0.1, -0.05) is 150 Å². The highest BCUT2D eigenvalue weighted by atomic mass is 16.6. The van der Waals surface area contributed by atoms with E-state index in [1.165, 1.54) is 25.7 Å². The molecule has 310 valence electrons. The molecule has 0 aliphatic rings. The highest BCUT2D eigenvalue weighted by Gasteiger charge is 2.25. The van der Waals surface area contributed by atoms with Gasteiger partial charge in [0, 0.05) is 19.3 Å². The van der Waals surface area contributed by atoms with E-state index in [1.807, 2.05) is 60.8 Å². The van der Waals surface area contributed by atoms with Crippen LogP contribution in [0.4, 0.5) is 0 Å². The third-order valence-corrected chi connectivity index (χ3v) is 8.63. The lowest BCUT2D eigenvalue weighted by Crippen LogP contribution is -2.55. The van der Waals surface area contributed by atoms with Crippen LogP contribution in [0.5, 0.6) is 0 Å². The third-order valence-electron chi connectivity index (χ3n) is 8.63. The maximum absolute atomic E-state index is 12.7. The molecule has 0 heterocycles. The van der Waals surface area contributed by atoms with Crippen molar-refractivity contribution in [3.8, 4) is 0 Å². The molecule has 55 heavy (non-hydrogen) atoms. The molecule has 0 amide bonds. The molecule has 0 spiro atoms. The summed E-state index contributed by atoms with van der Waals surface area (Å²) in [4.78, 5) is 36.8. The SMILES string of the molecule is CC/C=C/C=C/C=C/C=C/C=C/C=C/CCCCCC(=O)OC(COCCC(C(=O)[O-])[N+](C)(C)C)COC(=O)CCCCCCCCC/C=C/C/C=C/CC. The number of ether oxygens (including phenoxy) is 3. The minimum Gasteiger partial charge on any atom is -0.544 e. The van der Waals surface area contributed by atoms with E-state index in [0.717, 1.165) is 64.2 Å². The molecular formula is C47H75NO7. The zero-order valence-corrected chi connectivity index (χ0v) is 35.0. The number of quaternary nitrogens is 1. The van der Waals surface area contributed by atoms with Crippen LogP contribution in [0.3, 0.4) is 0 Å². The summed E-state index contributed by atoms with van der Waals surface area (Å²) in [5, 5.41) is 11.6. The number of carboxylic acids is 1. The molecule has 0 saturated heterocycles. The number of rotatable bonds is 35. The minimum atomic E-state index is -1.14. The Labute approximate surface area is 335 Å². The number of esters is 2. The minimum absolute atomic E-state index is 0.0130. The first-order valence-corrected chi connectivity index (χ1v) is 20.8. The molecule has 8 heteroatoms.